The van der Waals surface area contributed by atoms with Crippen LogP contribution in [-0.4, -0.2) is 45.0 Å². The van der Waals surface area contributed by atoms with E-state index in [0.717, 1.165) is 6.42 Å². The number of pyridine rings is 1. The van der Waals surface area contributed by atoms with E-state index in [-0.39, 0.29) is 28.8 Å². The zero-order chi connectivity index (χ0) is 19.7. The smallest absolute Gasteiger partial charge is 0.329 e. The van der Waals surface area contributed by atoms with Crippen molar-refractivity contribution in [3.8, 4) is 0 Å². The lowest BCUT2D eigenvalue weighted by Crippen LogP contribution is -2.35. The van der Waals surface area contributed by atoms with Crippen molar-refractivity contribution in [3.63, 3.8) is 0 Å². The van der Waals surface area contributed by atoms with Crippen LogP contribution in [0.25, 0.3) is 11.0 Å². The molecule has 146 valence electrons. The van der Waals surface area contributed by atoms with Crippen LogP contribution in [-0.2, 0) is 6.54 Å². The van der Waals surface area contributed by atoms with E-state index < -0.39 is 11.2 Å². The van der Waals surface area contributed by atoms with Gasteiger partial charge in [0.2, 0.25) is 0 Å². The molecule has 3 heterocycles. The number of likely N-dealkylation sites (tertiary alicyclic amines) is 1. The molecule has 1 atom stereocenters. The Morgan fingerprint density at radius 3 is 2.74 bits per heavy atom. The second kappa shape index (κ2) is 7.64. The number of aromatic nitrogens is 3. The van der Waals surface area contributed by atoms with Crippen LogP contribution in [0.2, 0.25) is 0 Å². The summed E-state index contributed by atoms with van der Waals surface area (Å²) in [6, 6.07) is 1.70. The molecule has 0 spiro atoms. The van der Waals surface area contributed by atoms with E-state index >= 15 is 0 Å². The fraction of sp³-hybridized carbons (Fsp3) is 0.579. The van der Waals surface area contributed by atoms with Gasteiger partial charge in [-0.05, 0) is 37.3 Å². The minimum Gasteiger partial charge on any atom is -0.338 e. The number of nitrogens with zero attached hydrogens (tertiary/aromatic N) is 3. The Bertz CT molecular complexity index is 976. The molecule has 8 nitrogen and oxygen atoms in total. The van der Waals surface area contributed by atoms with Gasteiger partial charge in [-0.15, -0.1) is 0 Å². The van der Waals surface area contributed by atoms with Gasteiger partial charge in [-0.25, -0.2) is 9.78 Å². The van der Waals surface area contributed by atoms with Crippen molar-refractivity contribution in [2.45, 2.75) is 46.1 Å². The molecule has 2 aromatic heterocycles. The summed E-state index contributed by atoms with van der Waals surface area (Å²) >= 11 is 0. The average molecular weight is 373 g/mol. The van der Waals surface area contributed by atoms with E-state index in [1.54, 1.807) is 11.0 Å². The topological polar surface area (TPSA) is 114 Å². The summed E-state index contributed by atoms with van der Waals surface area (Å²) < 4.78 is 1.45. The Morgan fingerprint density at radius 1 is 1.41 bits per heavy atom. The van der Waals surface area contributed by atoms with Crippen LogP contribution in [0.3, 0.4) is 0 Å². The van der Waals surface area contributed by atoms with Crippen molar-refractivity contribution in [3.05, 3.63) is 38.2 Å². The molecule has 1 fully saturated rings. The number of hydrogen-bond donors (Lipinski definition) is 2. The third-order valence-electron chi connectivity index (χ3n) is 5.14. The Kier molecular flexibility index (Phi) is 5.46. The van der Waals surface area contributed by atoms with Gasteiger partial charge in [0.1, 0.15) is 0 Å². The number of fused-ring (bicyclic) bond motifs is 1. The number of nitrogens with two attached hydrogens (primary N) is 1. The van der Waals surface area contributed by atoms with E-state index in [0.29, 0.717) is 43.9 Å². The third kappa shape index (κ3) is 3.53. The number of rotatable bonds is 5. The van der Waals surface area contributed by atoms with Crippen LogP contribution in [0.4, 0.5) is 0 Å². The number of H-pyrrole nitrogens is 1. The van der Waals surface area contributed by atoms with Crippen LogP contribution in [0.5, 0.6) is 0 Å². The fourth-order valence-corrected chi connectivity index (χ4v) is 3.57. The maximum Gasteiger partial charge on any atom is 0.329 e. The standard InChI is InChI=1S/C19H27N5O3/c1-4-6-24-16-15(17(25)22-19(24)27)13(8-14(21-16)11(2)3)18(26)23-7-5-12(9-20)10-23/h8,11-12H,4-7,9-10,20H2,1-3H3,(H,22,25,27). The number of aromatic amines is 1. The first-order valence-electron chi connectivity index (χ1n) is 9.54. The van der Waals surface area contributed by atoms with Gasteiger partial charge in [-0.2, -0.15) is 0 Å². The molecule has 0 bridgehead atoms. The zero-order valence-electron chi connectivity index (χ0n) is 16.1. The average Bonchev–Trinajstić information content (AvgIpc) is 3.12. The van der Waals surface area contributed by atoms with E-state index in [2.05, 4.69) is 9.97 Å². The Labute approximate surface area is 157 Å². The summed E-state index contributed by atoms with van der Waals surface area (Å²) in [5, 5.41) is 0.189. The minimum absolute atomic E-state index is 0.0563. The van der Waals surface area contributed by atoms with Crippen LogP contribution in [0.15, 0.2) is 15.7 Å². The quantitative estimate of drug-likeness (QED) is 0.813. The Hall–Kier alpha value is -2.48. The minimum atomic E-state index is -0.567. The maximum atomic E-state index is 13.2. The molecule has 1 unspecified atom stereocenters. The highest BCUT2D eigenvalue weighted by atomic mass is 16.2. The highest BCUT2D eigenvalue weighted by Gasteiger charge is 2.29. The lowest BCUT2D eigenvalue weighted by Gasteiger charge is -2.19. The number of nitrogens with one attached hydrogen (secondary N) is 1. The van der Waals surface area contributed by atoms with Crippen LogP contribution in [0.1, 0.15) is 55.6 Å². The van der Waals surface area contributed by atoms with Crippen LogP contribution < -0.4 is 17.0 Å². The van der Waals surface area contributed by atoms with E-state index in [4.69, 9.17) is 5.73 Å². The number of carbonyl (C=O) groups excluding carboxylic acids is 1. The fourth-order valence-electron chi connectivity index (χ4n) is 3.57. The van der Waals surface area contributed by atoms with Crippen molar-refractivity contribution >= 4 is 16.9 Å². The summed E-state index contributed by atoms with van der Waals surface area (Å²) in [6.07, 6.45) is 1.57. The summed E-state index contributed by atoms with van der Waals surface area (Å²) in [4.78, 5) is 46.8. The Balaban J connectivity index is 2.25. The van der Waals surface area contributed by atoms with E-state index in [9.17, 15) is 14.4 Å². The summed E-state index contributed by atoms with van der Waals surface area (Å²) in [7, 11) is 0. The van der Waals surface area contributed by atoms with E-state index in [1.807, 2.05) is 20.8 Å². The predicted molar refractivity (Wildman–Crippen MR) is 104 cm³/mol. The molecule has 1 aliphatic heterocycles. The monoisotopic (exact) mass is 373 g/mol. The van der Waals surface area contributed by atoms with Crippen molar-refractivity contribution in [1.29, 1.82) is 0 Å². The van der Waals surface area contributed by atoms with Crippen LogP contribution in [0, 0.1) is 5.92 Å². The summed E-state index contributed by atoms with van der Waals surface area (Å²) in [5.74, 6) is 0.136. The van der Waals surface area contributed by atoms with Gasteiger partial charge in [0.05, 0.1) is 10.9 Å². The molecule has 8 heteroatoms. The van der Waals surface area contributed by atoms with Crippen LogP contribution >= 0.6 is 0 Å². The molecular formula is C19H27N5O3. The SMILES string of the molecule is CCCn1c(=O)[nH]c(=O)c2c(C(=O)N3CCC(CN)C3)cc(C(C)C)nc21. The van der Waals surface area contributed by atoms with Gasteiger partial charge in [0.15, 0.2) is 5.65 Å². The first kappa shape index (κ1) is 19.3. The molecule has 1 amide bonds. The number of aryl methyl sites for hydroxylation is 1. The molecule has 0 saturated carbocycles. The van der Waals surface area contributed by atoms with Gasteiger partial charge >= 0.3 is 5.69 Å². The normalized spacial score (nSPS) is 17.2. The molecule has 1 aliphatic rings. The second-order valence-electron chi connectivity index (χ2n) is 7.50. The molecule has 0 aliphatic carbocycles. The summed E-state index contributed by atoms with van der Waals surface area (Å²) in [5.41, 5.74) is 5.97. The number of amides is 1. The number of hydrogen-bond acceptors (Lipinski definition) is 5. The maximum absolute atomic E-state index is 13.2. The zero-order valence-corrected chi connectivity index (χ0v) is 16.1. The summed E-state index contributed by atoms with van der Waals surface area (Å²) in [6.45, 7) is 8.05. The molecule has 1 saturated heterocycles. The molecule has 3 rings (SSSR count). The lowest BCUT2D eigenvalue weighted by atomic mass is 10.0. The van der Waals surface area contributed by atoms with Crippen molar-refractivity contribution < 1.29 is 4.79 Å². The van der Waals surface area contributed by atoms with Gasteiger partial charge in [-0.3, -0.25) is 19.1 Å². The molecule has 0 aromatic carbocycles. The third-order valence-corrected chi connectivity index (χ3v) is 5.14. The van der Waals surface area contributed by atoms with Crippen molar-refractivity contribution in [1.82, 2.24) is 19.4 Å². The molecular weight excluding hydrogens is 346 g/mol. The van der Waals surface area contributed by atoms with Gasteiger partial charge in [-0.1, -0.05) is 20.8 Å². The van der Waals surface area contributed by atoms with Crippen molar-refractivity contribution in [2.24, 2.45) is 11.7 Å². The van der Waals surface area contributed by atoms with Gasteiger partial charge in [0, 0.05) is 25.3 Å². The first-order chi connectivity index (χ1) is 12.9. The van der Waals surface area contributed by atoms with Gasteiger partial charge < -0.3 is 10.6 Å². The number of carbonyl (C=O) groups is 1. The molecule has 2 aromatic rings. The van der Waals surface area contributed by atoms with Gasteiger partial charge in [0.25, 0.3) is 11.5 Å². The second-order valence-corrected chi connectivity index (χ2v) is 7.50. The highest BCUT2D eigenvalue weighted by Crippen LogP contribution is 2.24. The Morgan fingerprint density at radius 2 is 2.15 bits per heavy atom. The predicted octanol–water partition coefficient (Wildman–Crippen LogP) is 1.04. The van der Waals surface area contributed by atoms with E-state index in [1.165, 1.54) is 4.57 Å². The lowest BCUT2D eigenvalue weighted by molar-refractivity contribution is 0.0789. The molecule has 27 heavy (non-hydrogen) atoms. The molecule has 0 radical (unpaired) electrons. The van der Waals surface area contributed by atoms with Crippen molar-refractivity contribution in [2.75, 3.05) is 19.6 Å². The molecule has 3 N–H and O–H groups in total. The largest absolute Gasteiger partial charge is 0.338 e. The first-order valence-corrected chi connectivity index (χ1v) is 9.54. The highest BCUT2D eigenvalue weighted by molar-refractivity contribution is 6.05.